The minimum atomic E-state index is -3.77. The summed E-state index contributed by atoms with van der Waals surface area (Å²) in [6.07, 6.45) is 0.712. The van der Waals surface area contributed by atoms with Crippen molar-refractivity contribution in [1.29, 1.82) is 0 Å². The molecule has 0 spiro atoms. The highest BCUT2D eigenvalue weighted by molar-refractivity contribution is 7.99. The Balaban J connectivity index is 2.33. The van der Waals surface area contributed by atoms with Crippen LogP contribution in [0, 0.1) is 5.92 Å². The Hall–Kier alpha value is -1.95. The van der Waals surface area contributed by atoms with Gasteiger partial charge in [-0.25, -0.2) is 4.72 Å². The maximum Gasteiger partial charge on any atom is 0.303 e. The Bertz CT molecular complexity index is 910. The highest BCUT2D eigenvalue weighted by Crippen LogP contribution is 2.33. The number of hydrogen-bond acceptors (Lipinski definition) is 8. The second-order valence-electron chi connectivity index (χ2n) is 7.48. The van der Waals surface area contributed by atoms with Crippen molar-refractivity contribution in [2.75, 3.05) is 30.7 Å². The summed E-state index contributed by atoms with van der Waals surface area (Å²) in [6.45, 7) is 6.04. The summed E-state index contributed by atoms with van der Waals surface area (Å²) >= 11 is 1.39. The van der Waals surface area contributed by atoms with Crippen LogP contribution in [0.15, 0.2) is 35.5 Å². The summed E-state index contributed by atoms with van der Waals surface area (Å²) < 4.78 is 27.9. The van der Waals surface area contributed by atoms with Crippen LogP contribution in [-0.2, 0) is 10.2 Å². The smallest absolute Gasteiger partial charge is 0.303 e. The number of aromatic nitrogens is 3. The van der Waals surface area contributed by atoms with Crippen molar-refractivity contribution in [1.82, 2.24) is 19.3 Å². The first-order chi connectivity index (χ1) is 14.1. The van der Waals surface area contributed by atoms with Crippen molar-refractivity contribution in [2.24, 2.45) is 5.92 Å². The maximum absolute atomic E-state index is 12.2. The number of nitrogens with zero attached hydrogens (tertiary/aromatic N) is 4. The van der Waals surface area contributed by atoms with Gasteiger partial charge in [-0.15, -0.1) is 0 Å². The van der Waals surface area contributed by atoms with E-state index >= 15 is 0 Å². The van der Waals surface area contributed by atoms with Crippen LogP contribution in [0.3, 0.4) is 0 Å². The van der Waals surface area contributed by atoms with Crippen molar-refractivity contribution < 1.29 is 13.5 Å². The molecule has 0 bridgehead atoms. The van der Waals surface area contributed by atoms with Gasteiger partial charge < -0.3 is 10.4 Å². The van der Waals surface area contributed by atoms with E-state index in [2.05, 4.69) is 38.8 Å². The number of aliphatic hydroxyl groups is 1. The van der Waals surface area contributed by atoms with Gasteiger partial charge in [0.15, 0.2) is 5.16 Å². The van der Waals surface area contributed by atoms with E-state index in [1.807, 2.05) is 37.3 Å². The summed E-state index contributed by atoms with van der Waals surface area (Å²) in [4.78, 5) is 12.9. The molecule has 166 valence electrons. The van der Waals surface area contributed by atoms with E-state index in [0.29, 0.717) is 17.5 Å². The van der Waals surface area contributed by atoms with Gasteiger partial charge in [0.2, 0.25) is 11.9 Å². The molecule has 0 saturated heterocycles. The predicted octanol–water partition coefficient (Wildman–Crippen LogP) is 2.76. The summed E-state index contributed by atoms with van der Waals surface area (Å²) in [5.74, 6) is 0.490. The van der Waals surface area contributed by atoms with Gasteiger partial charge in [0, 0.05) is 19.3 Å². The van der Waals surface area contributed by atoms with Gasteiger partial charge in [0.1, 0.15) is 0 Å². The highest BCUT2D eigenvalue weighted by atomic mass is 32.2. The Morgan fingerprint density at radius 1 is 1.07 bits per heavy atom. The van der Waals surface area contributed by atoms with Gasteiger partial charge in [-0.1, -0.05) is 55.9 Å². The zero-order chi connectivity index (χ0) is 22.3. The topological polar surface area (TPSA) is 120 Å². The van der Waals surface area contributed by atoms with Crippen molar-refractivity contribution in [2.45, 2.75) is 43.6 Å². The van der Waals surface area contributed by atoms with Crippen molar-refractivity contribution in [3.8, 4) is 0 Å². The SMILES string of the molecule is CC(C)C[C@H](CO)Nc1nc(NS(=O)(=O)N(C)C)nc(SC(C)c2ccccc2)n1. The predicted molar refractivity (Wildman–Crippen MR) is 121 cm³/mol. The van der Waals surface area contributed by atoms with Crippen LogP contribution >= 0.6 is 11.8 Å². The Morgan fingerprint density at radius 2 is 1.70 bits per heavy atom. The molecule has 2 atom stereocenters. The number of benzene rings is 1. The summed E-state index contributed by atoms with van der Waals surface area (Å²) in [5.41, 5.74) is 1.10. The molecule has 0 aliphatic carbocycles. The van der Waals surface area contributed by atoms with E-state index < -0.39 is 10.2 Å². The Morgan fingerprint density at radius 3 is 2.27 bits per heavy atom. The summed E-state index contributed by atoms with van der Waals surface area (Å²) in [7, 11) is -0.940. The molecule has 0 aliphatic rings. The first-order valence-electron chi connectivity index (χ1n) is 9.66. The largest absolute Gasteiger partial charge is 0.394 e. The van der Waals surface area contributed by atoms with Gasteiger partial charge in [0.25, 0.3) is 0 Å². The lowest BCUT2D eigenvalue weighted by molar-refractivity contribution is 0.259. The Kier molecular flexibility index (Phi) is 8.83. The van der Waals surface area contributed by atoms with Crippen LogP contribution in [0.2, 0.25) is 0 Å². The molecular weight excluding hydrogens is 424 g/mol. The van der Waals surface area contributed by atoms with Crippen LogP contribution < -0.4 is 10.0 Å². The lowest BCUT2D eigenvalue weighted by Gasteiger charge is -2.19. The quantitative estimate of drug-likeness (QED) is 0.443. The number of aliphatic hydroxyl groups excluding tert-OH is 1. The fraction of sp³-hybridized carbons (Fsp3) is 0.526. The molecule has 2 rings (SSSR count). The van der Waals surface area contributed by atoms with E-state index in [9.17, 15) is 13.5 Å². The molecule has 0 amide bonds. The van der Waals surface area contributed by atoms with E-state index in [-0.39, 0.29) is 29.8 Å². The van der Waals surface area contributed by atoms with Gasteiger partial charge in [-0.05, 0) is 24.8 Å². The zero-order valence-corrected chi connectivity index (χ0v) is 19.5. The fourth-order valence-electron chi connectivity index (χ4n) is 2.61. The van der Waals surface area contributed by atoms with Gasteiger partial charge in [-0.2, -0.15) is 27.7 Å². The number of anilines is 2. The van der Waals surface area contributed by atoms with Crippen LogP contribution in [0.5, 0.6) is 0 Å². The lowest BCUT2D eigenvalue weighted by atomic mass is 10.0. The zero-order valence-electron chi connectivity index (χ0n) is 17.9. The number of hydrogen-bond donors (Lipinski definition) is 3. The number of rotatable bonds is 11. The third-order valence-corrected chi connectivity index (χ3v) is 6.60. The molecule has 3 N–H and O–H groups in total. The van der Waals surface area contributed by atoms with Gasteiger partial charge >= 0.3 is 10.2 Å². The summed E-state index contributed by atoms with van der Waals surface area (Å²) in [5, 5.41) is 13.2. The normalized spacial score (nSPS) is 14.0. The molecule has 1 unspecified atom stereocenters. The molecule has 0 fully saturated rings. The van der Waals surface area contributed by atoms with Crippen molar-refractivity contribution in [3.63, 3.8) is 0 Å². The molecule has 0 saturated carbocycles. The van der Waals surface area contributed by atoms with Crippen LogP contribution in [0.25, 0.3) is 0 Å². The number of thioether (sulfide) groups is 1. The molecular formula is C19H30N6O3S2. The average Bonchev–Trinajstić information content (AvgIpc) is 2.67. The monoisotopic (exact) mass is 454 g/mol. The van der Waals surface area contributed by atoms with Crippen LogP contribution in [0.4, 0.5) is 11.9 Å². The third-order valence-electron chi connectivity index (χ3n) is 4.18. The molecule has 1 aromatic heterocycles. The van der Waals surface area contributed by atoms with Gasteiger partial charge in [-0.3, -0.25) is 0 Å². The second-order valence-corrected chi connectivity index (χ2v) is 10.7. The minimum absolute atomic E-state index is 0.0454. The highest BCUT2D eigenvalue weighted by Gasteiger charge is 2.19. The molecule has 1 heterocycles. The third kappa shape index (κ3) is 7.38. The average molecular weight is 455 g/mol. The molecule has 2 aromatic rings. The molecule has 30 heavy (non-hydrogen) atoms. The molecule has 1 aromatic carbocycles. The molecule has 11 heteroatoms. The van der Waals surface area contributed by atoms with E-state index in [4.69, 9.17) is 0 Å². The molecule has 9 nitrogen and oxygen atoms in total. The number of nitrogens with one attached hydrogen (secondary N) is 2. The van der Waals surface area contributed by atoms with E-state index in [1.165, 1.54) is 25.9 Å². The molecule has 0 radical (unpaired) electrons. The van der Waals surface area contributed by atoms with Crippen LogP contribution in [-0.4, -0.2) is 59.5 Å². The maximum atomic E-state index is 12.2. The van der Waals surface area contributed by atoms with Crippen molar-refractivity contribution >= 4 is 33.9 Å². The van der Waals surface area contributed by atoms with E-state index in [1.54, 1.807) is 0 Å². The van der Waals surface area contributed by atoms with Gasteiger partial charge in [0.05, 0.1) is 12.6 Å². The first kappa shape index (κ1) is 24.3. The standard InChI is InChI=1S/C19H30N6O3S2/c1-13(2)11-16(12-26)20-17-21-18(24-30(27,28)25(4)5)23-19(22-17)29-14(3)15-9-7-6-8-10-15/h6-10,13-14,16,26H,11-12H2,1-5H3,(H2,20,21,22,23,24)/t14?,16-/m1/s1. The second kappa shape index (κ2) is 10.9. The minimum Gasteiger partial charge on any atom is -0.394 e. The summed E-state index contributed by atoms with van der Waals surface area (Å²) in [6, 6.07) is 9.64. The van der Waals surface area contributed by atoms with Crippen LogP contribution in [0.1, 0.15) is 38.0 Å². The van der Waals surface area contributed by atoms with E-state index in [0.717, 1.165) is 9.87 Å². The lowest BCUT2D eigenvalue weighted by Crippen LogP contribution is -2.30. The Labute approximate surface area is 182 Å². The molecule has 0 aliphatic heterocycles. The fourth-order valence-corrected chi connectivity index (χ4v) is 4.00. The first-order valence-corrected chi connectivity index (χ1v) is 12.0. The van der Waals surface area contributed by atoms with Crippen molar-refractivity contribution in [3.05, 3.63) is 35.9 Å².